The summed E-state index contributed by atoms with van der Waals surface area (Å²) >= 11 is 0. The van der Waals surface area contributed by atoms with Crippen molar-refractivity contribution in [2.45, 2.75) is 12.5 Å². The molecule has 0 spiro atoms. The van der Waals surface area contributed by atoms with Crippen LogP contribution in [0, 0.1) is 0 Å². The Morgan fingerprint density at radius 3 is 2.85 bits per heavy atom. The molecular weight excluding hydrogens is 262 g/mol. The van der Waals surface area contributed by atoms with Gasteiger partial charge in [0.2, 0.25) is 0 Å². The minimum absolute atomic E-state index is 0.482. The average Bonchev–Trinajstić information content (AvgIpc) is 2.46. The SMILES string of the molecule is COCCCNC(C(=O)O)c1ccc2c(c1)OCCO2. The number of nitrogens with one attached hydrogen (secondary N) is 1. The Labute approximate surface area is 117 Å². The van der Waals surface area contributed by atoms with Crippen molar-refractivity contribution in [2.24, 2.45) is 0 Å². The van der Waals surface area contributed by atoms with E-state index in [1.807, 2.05) is 0 Å². The van der Waals surface area contributed by atoms with Crippen LogP contribution < -0.4 is 14.8 Å². The van der Waals surface area contributed by atoms with Gasteiger partial charge < -0.3 is 24.6 Å². The third-order valence-electron chi connectivity index (χ3n) is 3.02. The van der Waals surface area contributed by atoms with Crippen LogP contribution in [0.15, 0.2) is 18.2 Å². The highest BCUT2D eigenvalue weighted by atomic mass is 16.6. The van der Waals surface area contributed by atoms with Crippen LogP contribution in [0.1, 0.15) is 18.0 Å². The van der Waals surface area contributed by atoms with E-state index in [-0.39, 0.29) is 0 Å². The molecule has 1 aromatic rings. The number of ether oxygens (including phenoxy) is 3. The summed E-state index contributed by atoms with van der Waals surface area (Å²) in [7, 11) is 1.62. The first-order valence-electron chi connectivity index (χ1n) is 6.57. The molecule has 0 aromatic heterocycles. The third kappa shape index (κ3) is 3.61. The van der Waals surface area contributed by atoms with E-state index >= 15 is 0 Å². The molecule has 0 fully saturated rings. The zero-order chi connectivity index (χ0) is 14.4. The van der Waals surface area contributed by atoms with E-state index in [9.17, 15) is 9.90 Å². The Hall–Kier alpha value is -1.79. The first kappa shape index (κ1) is 14.6. The van der Waals surface area contributed by atoms with Crippen molar-refractivity contribution >= 4 is 5.97 Å². The van der Waals surface area contributed by atoms with Crippen molar-refractivity contribution in [3.63, 3.8) is 0 Å². The Balaban J connectivity index is 2.06. The second-order valence-corrected chi connectivity index (χ2v) is 4.47. The monoisotopic (exact) mass is 281 g/mol. The van der Waals surface area contributed by atoms with Gasteiger partial charge in [-0.1, -0.05) is 6.07 Å². The van der Waals surface area contributed by atoms with E-state index in [1.165, 1.54) is 0 Å². The number of methoxy groups -OCH3 is 1. The van der Waals surface area contributed by atoms with Crippen LogP contribution in [0.3, 0.4) is 0 Å². The Bertz CT molecular complexity index is 463. The maximum atomic E-state index is 11.4. The molecule has 110 valence electrons. The Kier molecular flexibility index (Phi) is 5.20. The van der Waals surface area contributed by atoms with Crippen LogP contribution in [0.25, 0.3) is 0 Å². The van der Waals surface area contributed by atoms with Gasteiger partial charge in [0, 0.05) is 13.7 Å². The fourth-order valence-electron chi connectivity index (χ4n) is 2.05. The molecule has 6 nitrogen and oxygen atoms in total. The highest BCUT2D eigenvalue weighted by molar-refractivity contribution is 5.76. The fourth-order valence-corrected chi connectivity index (χ4v) is 2.05. The van der Waals surface area contributed by atoms with Gasteiger partial charge in [-0.15, -0.1) is 0 Å². The summed E-state index contributed by atoms with van der Waals surface area (Å²) < 4.78 is 15.8. The van der Waals surface area contributed by atoms with Crippen LogP contribution in [0.2, 0.25) is 0 Å². The lowest BCUT2D eigenvalue weighted by molar-refractivity contribution is -0.139. The van der Waals surface area contributed by atoms with Gasteiger partial charge in [-0.05, 0) is 30.7 Å². The molecule has 0 saturated heterocycles. The molecule has 0 radical (unpaired) electrons. The minimum atomic E-state index is -0.918. The number of hydrogen-bond donors (Lipinski definition) is 2. The number of benzene rings is 1. The Morgan fingerprint density at radius 1 is 1.40 bits per heavy atom. The highest BCUT2D eigenvalue weighted by Crippen LogP contribution is 2.32. The zero-order valence-corrected chi connectivity index (χ0v) is 11.4. The summed E-state index contributed by atoms with van der Waals surface area (Å²) in [5, 5.41) is 12.3. The lowest BCUT2D eigenvalue weighted by Gasteiger charge is -2.21. The summed E-state index contributed by atoms with van der Waals surface area (Å²) in [4.78, 5) is 11.4. The summed E-state index contributed by atoms with van der Waals surface area (Å²) in [6.07, 6.45) is 0.755. The van der Waals surface area contributed by atoms with Gasteiger partial charge in [0.25, 0.3) is 0 Å². The summed E-state index contributed by atoms with van der Waals surface area (Å²) in [5.41, 5.74) is 0.652. The standard InChI is InChI=1S/C14H19NO5/c1-18-6-2-5-15-13(14(16)17)10-3-4-11-12(9-10)20-8-7-19-11/h3-4,9,13,15H,2,5-8H2,1H3,(H,16,17). The number of aliphatic carboxylic acids is 1. The van der Waals surface area contributed by atoms with Gasteiger partial charge in [0.05, 0.1) is 0 Å². The van der Waals surface area contributed by atoms with Crippen molar-refractivity contribution in [2.75, 3.05) is 33.5 Å². The second-order valence-electron chi connectivity index (χ2n) is 4.47. The highest BCUT2D eigenvalue weighted by Gasteiger charge is 2.21. The maximum absolute atomic E-state index is 11.4. The largest absolute Gasteiger partial charge is 0.486 e. The molecule has 0 bridgehead atoms. The molecule has 2 rings (SSSR count). The lowest BCUT2D eigenvalue weighted by Crippen LogP contribution is -2.30. The molecule has 0 saturated carbocycles. The van der Waals surface area contributed by atoms with Crippen LogP contribution in [0.5, 0.6) is 11.5 Å². The Morgan fingerprint density at radius 2 is 2.15 bits per heavy atom. The van der Waals surface area contributed by atoms with Gasteiger partial charge in [-0.3, -0.25) is 4.79 Å². The molecule has 0 amide bonds. The fraction of sp³-hybridized carbons (Fsp3) is 0.500. The van der Waals surface area contributed by atoms with Crippen molar-refractivity contribution in [3.8, 4) is 11.5 Å². The van der Waals surface area contributed by atoms with E-state index in [1.54, 1.807) is 25.3 Å². The normalized spacial score (nSPS) is 14.8. The number of fused-ring (bicyclic) bond motifs is 1. The second kappa shape index (κ2) is 7.12. The molecule has 1 aliphatic heterocycles. The zero-order valence-electron chi connectivity index (χ0n) is 11.4. The van der Waals surface area contributed by atoms with Crippen LogP contribution >= 0.6 is 0 Å². The summed E-state index contributed by atoms with van der Waals surface area (Å²) in [5.74, 6) is 0.335. The molecule has 2 N–H and O–H groups in total. The summed E-state index contributed by atoms with van der Waals surface area (Å²) in [6.45, 7) is 2.17. The van der Waals surface area contributed by atoms with E-state index in [0.29, 0.717) is 43.4 Å². The van der Waals surface area contributed by atoms with Crippen molar-refractivity contribution in [1.82, 2.24) is 5.32 Å². The molecule has 6 heteroatoms. The maximum Gasteiger partial charge on any atom is 0.325 e. The smallest absolute Gasteiger partial charge is 0.325 e. The van der Waals surface area contributed by atoms with E-state index in [0.717, 1.165) is 6.42 Å². The van der Waals surface area contributed by atoms with Gasteiger partial charge in [-0.2, -0.15) is 0 Å². The number of hydrogen-bond acceptors (Lipinski definition) is 5. The van der Waals surface area contributed by atoms with Crippen molar-refractivity contribution < 1.29 is 24.1 Å². The first-order chi connectivity index (χ1) is 9.72. The molecule has 1 aliphatic rings. The van der Waals surface area contributed by atoms with Crippen LogP contribution in [-0.2, 0) is 9.53 Å². The first-order valence-corrected chi connectivity index (χ1v) is 6.57. The van der Waals surface area contributed by atoms with Crippen molar-refractivity contribution in [1.29, 1.82) is 0 Å². The molecule has 1 unspecified atom stereocenters. The molecule has 1 heterocycles. The molecule has 20 heavy (non-hydrogen) atoms. The predicted octanol–water partition coefficient (Wildman–Crippen LogP) is 1.21. The topological polar surface area (TPSA) is 77.0 Å². The predicted molar refractivity (Wildman–Crippen MR) is 72.3 cm³/mol. The van der Waals surface area contributed by atoms with Crippen LogP contribution in [-0.4, -0.2) is 44.6 Å². The van der Waals surface area contributed by atoms with Gasteiger partial charge in [0.15, 0.2) is 11.5 Å². The minimum Gasteiger partial charge on any atom is -0.486 e. The van der Waals surface area contributed by atoms with Crippen molar-refractivity contribution in [3.05, 3.63) is 23.8 Å². The van der Waals surface area contributed by atoms with E-state index in [2.05, 4.69) is 5.32 Å². The lowest BCUT2D eigenvalue weighted by atomic mass is 10.1. The van der Waals surface area contributed by atoms with E-state index in [4.69, 9.17) is 14.2 Å². The quantitative estimate of drug-likeness (QED) is 0.732. The molecular formula is C14H19NO5. The van der Waals surface area contributed by atoms with Gasteiger partial charge >= 0.3 is 5.97 Å². The molecule has 1 aromatic carbocycles. The number of carboxylic acid groups (broad SMARTS) is 1. The number of rotatable bonds is 7. The van der Waals surface area contributed by atoms with Gasteiger partial charge in [0.1, 0.15) is 19.3 Å². The average molecular weight is 281 g/mol. The third-order valence-corrected chi connectivity index (χ3v) is 3.02. The number of carbonyl (C=O) groups is 1. The summed E-state index contributed by atoms with van der Waals surface area (Å²) in [6, 6.07) is 4.45. The molecule has 1 atom stereocenters. The van der Waals surface area contributed by atoms with Crippen LogP contribution in [0.4, 0.5) is 0 Å². The molecule has 0 aliphatic carbocycles. The van der Waals surface area contributed by atoms with Gasteiger partial charge in [-0.25, -0.2) is 0 Å². The van der Waals surface area contributed by atoms with E-state index < -0.39 is 12.0 Å². The number of carboxylic acids is 1.